The summed E-state index contributed by atoms with van der Waals surface area (Å²) in [6, 6.07) is 0. The Kier molecular flexibility index (Phi) is 95.8. The fourth-order valence-corrected chi connectivity index (χ4v) is 0. The van der Waals surface area contributed by atoms with Crippen LogP contribution in [0.15, 0.2) is 0 Å². The molecule has 9 radical (unpaired) electrons. The van der Waals surface area contributed by atoms with Crippen molar-refractivity contribution in [3.63, 3.8) is 0 Å². The molecule has 0 heterocycles. The Balaban J connectivity index is 0. The Morgan fingerprint density at radius 1 is 1.00 bits per heavy atom. The van der Waals surface area contributed by atoms with Crippen LogP contribution in [-0.4, -0.2) is 94.2 Å². The predicted molar refractivity (Wildman–Crippen MR) is 17.3 cm³/mol. The molecule has 0 spiro atoms. The summed E-state index contributed by atoms with van der Waals surface area (Å²) in [4.78, 5) is 0. The van der Waals surface area contributed by atoms with Crippen LogP contribution in [0.4, 0.5) is 0 Å². The molecular formula is CaSiSrY. The van der Waals surface area contributed by atoms with Gasteiger partial charge in [0.25, 0.3) is 0 Å². The Labute approximate surface area is 123 Å². The summed E-state index contributed by atoms with van der Waals surface area (Å²) < 4.78 is 0. The second kappa shape index (κ2) is 15.7. The third-order valence-corrected chi connectivity index (χ3v) is 0. The first-order valence-corrected chi connectivity index (χ1v) is 0. The van der Waals surface area contributed by atoms with Gasteiger partial charge in [0, 0.05) is 127 Å². The zero-order valence-corrected chi connectivity index (χ0v) is 12.0. The van der Waals surface area contributed by atoms with Gasteiger partial charge in [-0.1, -0.05) is 0 Å². The van der Waals surface area contributed by atoms with E-state index < -0.39 is 0 Å². The van der Waals surface area contributed by atoms with E-state index in [4.69, 9.17) is 0 Å². The minimum absolute atomic E-state index is 0. The molecule has 0 amide bonds. The summed E-state index contributed by atoms with van der Waals surface area (Å²) in [7, 11) is 0. The summed E-state index contributed by atoms with van der Waals surface area (Å²) in [5.41, 5.74) is 0. The quantitative estimate of drug-likeness (QED) is 0.473. The van der Waals surface area contributed by atoms with Crippen LogP contribution in [0.25, 0.3) is 0 Å². The predicted octanol–water partition coefficient (Wildman–Crippen LogP) is -1.14. The molecule has 0 saturated heterocycles. The first-order valence-electron chi connectivity index (χ1n) is 0. The fraction of sp³-hybridized carbons (Fsp3) is 0. The summed E-state index contributed by atoms with van der Waals surface area (Å²) in [6.07, 6.45) is 0. The maximum Gasteiger partial charge on any atom is 0 e. The van der Waals surface area contributed by atoms with Gasteiger partial charge in [-0.2, -0.15) is 0 Å². The van der Waals surface area contributed by atoms with E-state index >= 15 is 0 Å². The van der Waals surface area contributed by atoms with E-state index in [1.807, 2.05) is 0 Å². The molecule has 0 aromatic carbocycles. The van der Waals surface area contributed by atoms with E-state index in [-0.39, 0.29) is 127 Å². The maximum absolute atomic E-state index is 0. The number of hydrogen-bond donors (Lipinski definition) is 0. The molecule has 0 nitrogen and oxygen atoms in total. The average molecular weight is 245 g/mol. The van der Waals surface area contributed by atoms with Gasteiger partial charge in [-0.3, -0.25) is 0 Å². The second-order valence-corrected chi connectivity index (χ2v) is 0. The maximum atomic E-state index is 0. The number of rotatable bonds is 0. The molecule has 0 aliphatic carbocycles. The molecule has 0 aliphatic heterocycles. The van der Waals surface area contributed by atoms with Crippen LogP contribution < -0.4 is 0 Å². The Bertz CT molecular complexity index is 8.00. The van der Waals surface area contributed by atoms with Crippen LogP contribution >= 0.6 is 0 Å². The Morgan fingerprint density at radius 2 is 1.00 bits per heavy atom. The van der Waals surface area contributed by atoms with Gasteiger partial charge in [-0.25, -0.2) is 0 Å². The molecule has 0 aromatic heterocycles. The monoisotopic (exact) mass is 245 g/mol. The van der Waals surface area contributed by atoms with Gasteiger partial charge in [-0.15, -0.1) is 0 Å². The van der Waals surface area contributed by atoms with Gasteiger partial charge in [0.05, 0.1) is 0 Å². The Morgan fingerprint density at radius 3 is 1.00 bits per heavy atom. The molecule has 0 saturated carbocycles. The normalized spacial score (nSPS) is 0. The molecule has 4 heteroatoms. The molecule has 0 N–H and O–H groups in total. The van der Waals surface area contributed by atoms with E-state index in [9.17, 15) is 0 Å². The van der Waals surface area contributed by atoms with Crippen LogP contribution in [0.5, 0.6) is 0 Å². The summed E-state index contributed by atoms with van der Waals surface area (Å²) in [5, 5.41) is 0. The summed E-state index contributed by atoms with van der Waals surface area (Å²) in [6.45, 7) is 0. The zero-order chi connectivity index (χ0) is 0. The standard InChI is InChI=1S/Ca.Si.Sr.Y. The van der Waals surface area contributed by atoms with E-state index in [1.165, 1.54) is 0 Å². The number of hydrogen-bond acceptors (Lipinski definition) is 0. The van der Waals surface area contributed by atoms with Crippen molar-refractivity contribution >= 4 is 94.2 Å². The minimum Gasteiger partial charge on any atom is 0 e. The van der Waals surface area contributed by atoms with Crippen molar-refractivity contribution in [3.8, 4) is 0 Å². The van der Waals surface area contributed by atoms with Crippen molar-refractivity contribution in [1.29, 1.82) is 0 Å². The van der Waals surface area contributed by atoms with E-state index in [0.29, 0.717) is 0 Å². The molecule has 4 heavy (non-hydrogen) atoms. The van der Waals surface area contributed by atoms with Crippen molar-refractivity contribution in [3.05, 3.63) is 0 Å². The van der Waals surface area contributed by atoms with Crippen LogP contribution in [0, 0.1) is 0 Å². The van der Waals surface area contributed by atoms with Gasteiger partial charge in [-0.05, 0) is 0 Å². The van der Waals surface area contributed by atoms with Crippen molar-refractivity contribution in [1.82, 2.24) is 0 Å². The SMILES string of the molecule is [Ca].[Si].[Sr].[Y]. The van der Waals surface area contributed by atoms with Gasteiger partial charge >= 0.3 is 0 Å². The average Bonchev–Trinajstić information content (AvgIpc) is 0. The van der Waals surface area contributed by atoms with Gasteiger partial charge in [0.2, 0.25) is 0 Å². The van der Waals surface area contributed by atoms with Crippen molar-refractivity contribution in [2.45, 2.75) is 0 Å². The Hall–Kier alpha value is 4.06. The minimum atomic E-state index is 0. The first-order chi connectivity index (χ1) is 0. The van der Waals surface area contributed by atoms with Crippen molar-refractivity contribution < 1.29 is 32.7 Å². The van der Waals surface area contributed by atoms with Crippen LogP contribution in [0.3, 0.4) is 0 Å². The topological polar surface area (TPSA) is 0 Å². The molecule has 0 atom stereocenters. The van der Waals surface area contributed by atoms with Crippen molar-refractivity contribution in [2.75, 3.05) is 0 Å². The van der Waals surface area contributed by atoms with Gasteiger partial charge in [0.15, 0.2) is 0 Å². The molecule has 0 fully saturated rings. The van der Waals surface area contributed by atoms with Crippen LogP contribution in [0.1, 0.15) is 0 Å². The van der Waals surface area contributed by atoms with Gasteiger partial charge < -0.3 is 0 Å². The molecule has 0 rings (SSSR count). The van der Waals surface area contributed by atoms with Gasteiger partial charge in [0.1, 0.15) is 0 Å². The van der Waals surface area contributed by atoms with Crippen LogP contribution in [0.2, 0.25) is 0 Å². The first kappa shape index (κ1) is 24.4. The zero-order valence-electron chi connectivity index (χ0n) is 2.49. The van der Waals surface area contributed by atoms with E-state index in [2.05, 4.69) is 0 Å². The molecular weight excluding hydrogens is 245 g/mol. The third kappa shape index (κ3) is 9.41. The second-order valence-electron chi connectivity index (χ2n) is 0. The van der Waals surface area contributed by atoms with E-state index in [1.54, 1.807) is 0 Å². The smallest absolute Gasteiger partial charge is 0 e. The summed E-state index contributed by atoms with van der Waals surface area (Å²) in [5.74, 6) is 0. The molecule has 0 bridgehead atoms. The third-order valence-electron chi connectivity index (χ3n) is 0. The largest absolute Gasteiger partial charge is 0 e. The van der Waals surface area contributed by atoms with Crippen molar-refractivity contribution in [2.24, 2.45) is 0 Å². The molecule has 0 unspecified atom stereocenters. The van der Waals surface area contributed by atoms with Crippen LogP contribution in [-0.2, 0) is 32.7 Å². The fourth-order valence-electron chi connectivity index (χ4n) is 0. The summed E-state index contributed by atoms with van der Waals surface area (Å²) >= 11 is 0. The molecule has 0 aromatic rings. The molecule has 0 aliphatic rings. The van der Waals surface area contributed by atoms with E-state index in [0.717, 1.165) is 0 Å². The molecule has 11 valence electrons.